The average Bonchev–Trinajstić information content (AvgIpc) is 3.25. The Morgan fingerprint density at radius 3 is 2.21 bits per heavy atom. The highest BCUT2D eigenvalue weighted by Gasteiger charge is 2.39. The van der Waals surface area contributed by atoms with Gasteiger partial charge in [-0.05, 0) is 70.5 Å². The van der Waals surface area contributed by atoms with E-state index in [0.717, 1.165) is 16.2 Å². The van der Waals surface area contributed by atoms with E-state index in [4.69, 9.17) is 15.2 Å². The van der Waals surface area contributed by atoms with Crippen molar-refractivity contribution in [2.24, 2.45) is 5.73 Å². The van der Waals surface area contributed by atoms with Gasteiger partial charge in [-0.15, -0.1) is 0 Å². The zero-order chi connectivity index (χ0) is 24.9. The van der Waals surface area contributed by atoms with Crippen molar-refractivity contribution < 1.29 is 23.9 Å². The summed E-state index contributed by atoms with van der Waals surface area (Å²) >= 11 is 0. The first-order valence-corrected chi connectivity index (χ1v) is 11.2. The second-order valence-electron chi connectivity index (χ2n) is 9.23. The predicted molar refractivity (Wildman–Crippen MR) is 129 cm³/mol. The average molecular weight is 469 g/mol. The maximum Gasteiger partial charge on any atom is 0.417 e. The minimum absolute atomic E-state index is 0.255. The standard InChI is InChI=1S/C25H32N4O5/c1-16-5-9-19(10-6-16)33-20-11-7-17(8-12-20)28-23(31)21-13-18(15-27-21)29(22(30)14-26)24(32)34-25(2,3)4/h5-12,18,21,27H,13-15,26H2,1-4H3,(H,28,31)/t18-,21+/m1/s1. The molecule has 0 radical (unpaired) electrons. The lowest BCUT2D eigenvalue weighted by Gasteiger charge is -2.29. The molecule has 3 amide bonds. The first-order chi connectivity index (χ1) is 16.1. The maximum absolute atomic E-state index is 12.8. The van der Waals surface area contributed by atoms with Crippen LogP contribution in [0.25, 0.3) is 0 Å². The van der Waals surface area contributed by atoms with Gasteiger partial charge < -0.3 is 25.8 Å². The molecule has 1 aliphatic rings. The third-order valence-electron chi connectivity index (χ3n) is 5.20. The first-order valence-electron chi connectivity index (χ1n) is 11.2. The Morgan fingerprint density at radius 1 is 1.06 bits per heavy atom. The van der Waals surface area contributed by atoms with Crippen molar-refractivity contribution in [2.75, 3.05) is 18.4 Å². The van der Waals surface area contributed by atoms with Gasteiger partial charge in [0.2, 0.25) is 11.8 Å². The number of aryl methyl sites for hydroxylation is 1. The van der Waals surface area contributed by atoms with Crippen molar-refractivity contribution in [3.8, 4) is 11.5 Å². The Hall–Kier alpha value is -3.43. The van der Waals surface area contributed by atoms with Gasteiger partial charge in [-0.1, -0.05) is 17.7 Å². The van der Waals surface area contributed by atoms with E-state index >= 15 is 0 Å². The van der Waals surface area contributed by atoms with Gasteiger partial charge >= 0.3 is 6.09 Å². The minimum Gasteiger partial charge on any atom is -0.457 e. The van der Waals surface area contributed by atoms with E-state index in [1.165, 1.54) is 0 Å². The lowest BCUT2D eigenvalue weighted by Crippen LogP contribution is -2.50. The van der Waals surface area contributed by atoms with Crippen molar-refractivity contribution in [2.45, 2.75) is 51.8 Å². The van der Waals surface area contributed by atoms with Crippen LogP contribution < -0.4 is 21.1 Å². The topological polar surface area (TPSA) is 123 Å². The molecule has 2 aromatic rings. The van der Waals surface area contributed by atoms with E-state index < -0.39 is 29.7 Å². The zero-order valence-electron chi connectivity index (χ0n) is 20.0. The number of ether oxygens (including phenoxy) is 2. The molecule has 0 aliphatic carbocycles. The third-order valence-corrected chi connectivity index (χ3v) is 5.20. The molecule has 1 heterocycles. The highest BCUT2D eigenvalue weighted by Crippen LogP contribution is 2.24. The Balaban J connectivity index is 1.58. The van der Waals surface area contributed by atoms with E-state index in [0.29, 0.717) is 11.4 Å². The molecule has 4 N–H and O–H groups in total. The lowest BCUT2D eigenvalue weighted by molar-refractivity contribution is -0.131. The SMILES string of the molecule is Cc1ccc(Oc2ccc(NC(=O)[C@@H]3C[C@@H](N(C(=O)CN)C(=O)OC(C)(C)C)CN3)cc2)cc1. The van der Waals surface area contributed by atoms with Gasteiger partial charge in [0.05, 0.1) is 18.6 Å². The first kappa shape index (κ1) is 25.2. The number of benzene rings is 2. The number of nitrogens with two attached hydrogens (primary N) is 1. The molecule has 1 aliphatic heterocycles. The van der Waals surface area contributed by atoms with Crippen LogP contribution in [0.4, 0.5) is 10.5 Å². The number of hydrogen-bond donors (Lipinski definition) is 3. The Morgan fingerprint density at radius 2 is 1.65 bits per heavy atom. The maximum atomic E-state index is 12.8. The summed E-state index contributed by atoms with van der Waals surface area (Å²) in [6.07, 6.45) is -0.509. The van der Waals surface area contributed by atoms with Crippen molar-refractivity contribution in [1.29, 1.82) is 0 Å². The molecular weight excluding hydrogens is 436 g/mol. The molecule has 1 fully saturated rings. The number of anilines is 1. The summed E-state index contributed by atoms with van der Waals surface area (Å²) in [4.78, 5) is 38.7. The number of carbonyl (C=O) groups excluding carboxylic acids is 3. The quantitative estimate of drug-likeness (QED) is 0.595. The van der Waals surface area contributed by atoms with Gasteiger partial charge in [0.25, 0.3) is 0 Å². The van der Waals surface area contributed by atoms with Crippen LogP contribution in [-0.2, 0) is 14.3 Å². The number of hydrogen-bond acceptors (Lipinski definition) is 7. The molecule has 0 saturated carbocycles. The Kier molecular flexibility index (Phi) is 7.90. The summed E-state index contributed by atoms with van der Waals surface area (Å²) in [7, 11) is 0. The van der Waals surface area contributed by atoms with Crippen LogP contribution in [0.5, 0.6) is 11.5 Å². The highest BCUT2D eigenvalue weighted by molar-refractivity contribution is 5.96. The number of imide groups is 1. The summed E-state index contributed by atoms with van der Waals surface area (Å²) in [5.74, 6) is 0.560. The van der Waals surface area contributed by atoms with Gasteiger partial charge in [0, 0.05) is 12.2 Å². The van der Waals surface area contributed by atoms with E-state index in [1.807, 2.05) is 31.2 Å². The fourth-order valence-electron chi connectivity index (χ4n) is 3.56. The molecule has 9 nitrogen and oxygen atoms in total. The molecule has 2 aromatic carbocycles. The summed E-state index contributed by atoms with van der Waals surface area (Å²) in [6, 6.07) is 13.6. The molecule has 1 saturated heterocycles. The third kappa shape index (κ3) is 6.79. The second kappa shape index (κ2) is 10.7. The molecule has 0 aromatic heterocycles. The predicted octanol–water partition coefficient (Wildman–Crippen LogP) is 3.18. The smallest absolute Gasteiger partial charge is 0.417 e. The van der Waals surface area contributed by atoms with E-state index in [1.54, 1.807) is 45.0 Å². The van der Waals surface area contributed by atoms with Crippen LogP contribution in [0.3, 0.4) is 0 Å². The normalized spacial score (nSPS) is 17.7. The van der Waals surface area contributed by atoms with E-state index in [2.05, 4.69) is 10.6 Å². The number of carbonyl (C=O) groups is 3. The Labute approximate surface area is 199 Å². The van der Waals surface area contributed by atoms with Crippen molar-refractivity contribution in [3.63, 3.8) is 0 Å². The van der Waals surface area contributed by atoms with Gasteiger partial charge in [0.15, 0.2) is 0 Å². The van der Waals surface area contributed by atoms with Gasteiger partial charge in [-0.3, -0.25) is 9.59 Å². The molecule has 0 unspecified atom stereocenters. The van der Waals surface area contributed by atoms with Gasteiger partial charge in [-0.25, -0.2) is 9.69 Å². The molecular formula is C25H32N4O5. The van der Waals surface area contributed by atoms with Crippen LogP contribution in [0.15, 0.2) is 48.5 Å². The second-order valence-corrected chi connectivity index (χ2v) is 9.23. The van der Waals surface area contributed by atoms with Gasteiger partial charge in [-0.2, -0.15) is 0 Å². The molecule has 0 bridgehead atoms. The van der Waals surface area contributed by atoms with E-state index in [-0.39, 0.29) is 25.4 Å². The lowest BCUT2D eigenvalue weighted by atomic mass is 10.1. The number of rotatable bonds is 6. The molecule has 0 spiro atoms. The zero-order valence-corrected chi connectivity index (χ0v) is 20.0. The summed E-state index contributed by atoms with van der Waals surface area (Å²) in [5.41, 5.74) is 6.49. The Bertz CT molecular complexity index is 1020. The number of nitrogens with one attached hydrogen (secondary N) is 2. The van der Waals surface area contributed by atoms with E-state index in [9.17, 15) is 14.4 Å². The van der Waals surface area contributed by atoms with Crippen LogP contribution in [0.1, 0.15) is 32.8 Å². The highest BCUT2D eigenvalue weighted by atomic mass is 16.6. The molecule has 9 heteroatoms. The number of nitrogens with zero attached hydrogens (tertiary/aromatic N) is 1. The molecule has 34 heavy (non-hydrogen) atoms. The monoisotopic (exact) mass is 468 g/mol. The molecule has 2 atom stereocenters. The van der Waals surface area contributed by atoms with Crippen molar-refractivity contribution >= 4 is 23.6 Å². The van der Waals surface area contributed by atoms with Crippen LogP contribution in [0.2, 0.25) is 0 Å². The van der Waals surface area contributed by atoms with Crippen LogP contribution in [0, 0.1) is 6.92 Å². The minimum atomic E-state index is -0.764. The summed E-state index contributed by atoms with van der Waals surface area (Å²) in [5, 5.41) is 5.92. The van der Waals surface area contributed by atoms with Crippen LogP contribution in [-0.4, -0.2) is 53.6 Å². The summed E-state index contributed by atoms with van der Waals surface area (Å²) < 4.78 is 11.2. The fourth-order valence-corrected chi connectivity index (χ4v) is 3.56. The van der Waals surface area contributed by atoms with Gasteiger partial charge in [0.1, 0.15) is 17.1 Å². The van der Waals surface area contributed by atoms with Crippen molar-refractivity contribution in [1.82, 2.24) is 10.2 Å². The molecule has 3 rings (SSSR count). The molecule has 182 valence electrons. The fraction of sp³-hybridized carbons (Fsp3) is 0.400. The number of amides is 3. The van der Waals surface area contributed by atoms with Crippen molar-refractivity contribution in [3.05, 3.63) is 54.1 Å². The largest absolute Gasteiger partial charge is 0.457 e. The summed E-state index contributed by atoms with van der Waals surface area (Å²) in [6.45, 7) is 7.10. The van der Waals surface area contributed by atoms with Crippen LogP contribution >= 0.6 is 0 Å².